The maximum Gasteiger partial charge on any atom is 0.257 e. The quantitative estimate of drug-likeness (QED) is 0.843. The maximum absolute atomic E-state index is 12.8. The fourth-order valence-electron chi connectivity index (χ4n) is 3.72. The maximum atomic E-state index is 12.8. The lowest BCUT2D eigenvalue weighted by Crippen LogP contribution is -2.48. The number of rotatable bonds is 3. The van der Waals surface area contributed by atoms with E-state index in [1.54, 1.807) is 10.9 Å². The Bertz CT molecular complexity index is 595. The summed E-state index contributed by atoms with van der Waals surface area (Å²) in [4.78, 5) is 29.2. The number of amides is 2. The van der Waals surface area contributed by atoms with E-state index in [0.29, 0.717) is 18.7 Å². The van der Waals surface area contributed by atoms with Crippen molar-refractivity contribution in [1.29, 1.82) is 0 Å². The Morgan fingerprint density at radius 2 is 2.14 bits per heavy atom. The Kier molecular flexibility index (Phi) is 3.93. The standard InChI is InChI=1S/C16H24N4O2/c1-4-7-20-13-6-5-12(15(20)21)8-19(9-13)16(22)14-10-18(3)17-11(14)2/h10,12-13H,4-9H2,1-3H3/t12-,13+/m1/s1. The third-order valence-corrected chi connectivity index (χ3v) is 4.79. The lowest BCUT2D eigenvalue weighted by Gasteiger charge is -2.35. The van der Waals surface area contributed by atoms with E-state index in [1.165, 1.54) is 0 Å². The van der Waals surface area contributed by atoms with Crippen LogP contribution in [0.25, 0.3) is 0 Å². The molecule has 0 aromatic carbocycles. The number of carbonyl (C=O) groups is 2. The number of hydrogen-bond acceptors (Lipinski definition) is 3. The van der Waals surface area contributed by atoms with Gasteiger partial charge in [-0.05, 0) is 26.2 Å². The van der Waals surface area contributed by atoms with Crippen molar-refractivity contribution in [2.24, 2.45) is 13.0 Å². The molecule has 4 rings (SSSR count). The molecule has 1 aromatic heterocycles. The second-order valence-corrected chi connectivity index (χ2v) is 6.47. The van der Waals surface area contributed by atoms with Crippen LogP contribution >= 0.6 is 0 Å². The minimum absolute atomic E-state index is 0.00801. The molecule has 3 fully saturated rings. The number of aromatic nitrogens is 2. The largest absolute Gasteiger partial charge is 0.338 e. The van der Waals surface area contributed by atoms with Gasteiger partial charge in [-0.3, -0.25) is 14.3 Å². The molecule has 0 radical (unpaired) electrons. The Balaban J connectivity index is 1.83. The molecular weight excluding hydrogens is 280 g/mol. The Hall–Kier alpha value is -1.85. The predicted molar refractivity (Wildman–Crippen MR) is 82.4 cm³/mol. The van der Waals surface area contributed by atoms with Crippen LogP contribution in [0.1, 0.15) is 42.2 Å². The van der Waals surface area contributed by atoms with E-state index in [9.17, 15) is 9.59 Å². The van der Waals surface area contributed by atoms with Crippen LogP contribution in [0, 0.1) is 12.8 Å². The molecule has 6 heteroatoms. The number of carbonyl (C=O) groups excluding carboxylic acids is 2. The monoisotopic (exact) mass is 304 g/mol. The zero-order valence-electron chi connectivity index (χ0n) is 13.6. The number of nitrogens with zero attached hydrogens (tertiary/aromatic N) is 4. The summed E-state index contributed by atoms with van der Waals surface area (Å²) in [7, 11) is 1.82. The zero-order valence-corrected chi connectivity index (χ0v) is 13.6. The van der Waals surface area contributed by atoms with Crippen LogP contribution in [0.15, 0.2) is 6.20 Å². The van der Waals surface area contributed by atoms with Crippen molar-refractivity contribution in [3.63, 3.8) is 0 Å². The summed E-state index contributed by atoms with van der Waals surface area (Å²) in [6, 6.07) is 0.173. The van der Waals surface area contributed by atoms with Crippen molar-refractivity contribution < 1.29 is 9.59 Å². The van der Waals surface area contributed by atoms with Crippen LogP contribution in [-0.4, -0.2) is 57.1 Å². The van der Waals surface area contributed by atoms with Gasteiger partial charge in [-0.15, -0.1) is 0 Å². The Morgan fingerprint density at radius 3 is 2.77 bits per heavy atom. The Morgan fingerprint density at radius 1 is 1.36 bits per heavy atom. The first kappa shape index (κ1) is 15.1. The van der Waals surface area contributed by atoms with Crippen molar-refractivity contribution in [1.82, 2.24) is 19.6 Å². The van der Waals surface area contributed by atoms with Gasteiger partial charge in [-0.1, -0.05) is 6.92 Å². The average Bonchev–Trinajstić information content (AvgIpc) is 2.66. The molecule has 3 aliphatic heterocycles. The summed E-state index contributed by atoms with van der Waals surface area (Å²) in [5, 5.41) is 4.26. The van der Waals surface area contributed by atoms with Gasteiger partial charge in [0.1, 0.15) is 0 Å². The molecule has 2 amide bonds. The van der Waals surface area contributed by atoms with Gasteiger partial charge >= 0.3 is 0 Å². The van der Waals surface area contributed by atoms with Crippen molar-refractivity contribution in [2.45, 2.75) is 39.2 Å². The van der Waals surface area contributed by atoms with Crippen LogP contribution in [0.5, 0.6) is 0 Å². The molecule has 2 bridgehead atoms. The van der Waals surface area contributed by atoms with Crippen LogP contribution in [-0.2, 0) is 11.8 Å². The second kappa shape index (κ2) is 5.74. The molecule has 0 spiro atoms. The molecule has 22 heavy (non-hydrogen) atoms. The van der Waals surface area contributed by atoms with E-state index in [-0.39, 0.29) is 23.8 Å². The highest BCUT2D eigenvalue weighted by Crippen LogP contribution is 2.30. The van der Waals surface area contributed by atoms with E-state index in [0.717, 1.165) is 31.5 Å². The van der Waals surface area contributed by atoms with Crippen LogP contribution in [0.4, 0.5) is 0 Å². The molecule has 1 aromatic rings. The lowest BCUT2D eigenvalue weighted by molar-refractivity contribution is -0.139. The molecule has 2 atom stereocenters. The molecule has 0 N–H and O–H groups in total. The number of piperidine rings is 1. The highest BCUT2D eigenvalue weighted by molar-refractivity contribution is 5.95. The molecule has 120 valence electrons. The summed E-state index contributed by atoms with van der Waals surface area (Å²) < 4.78 is 1.67. The van der Waals surface area contributed by atoms with Crippen LogP contribution in [0.3, 0.4) is 0 Å². The van der Waals surface area contributed by atoms with Crippen LogP contribution in [0.2, 0.25) is 0 Å². The number of aryl methyl sites for hydroxylation is 2. The van der Waals surface area contributed by atoms with E-state index < -0.39 is 0 Å². The van der Waals surface area contributed by atoms with Gasteiger partial charge < -0.3 is 9.80 Å². The van der Waals surface area contributed by atoms with Crippen molar-refractivity contribution in [2.75, 3.05) is 19.6 Å². The molecule has 0 aliphatic carbocycles. The lowest BCUT2D eigenvalue weighted by atomic mass is 9.94. The SMILES string of the molecule is CCCN1C(=O)[C@@H]2CC[C@H]1CN(C(=O)c1cn(C)nc1C)C2. The normalized spacial score (nSPS) is 24.8. The first-order chi connectivity index (χ1) is 10.5. The van der Waals surface area contributed by atoms with Crippen molar-refractivity contribution in [3.8, 4) is 0 Å². The third-order valence-electron chi connectivity index (χ3n) is 4.79. The molecule has 3 saturated heterocycles. The summed E-state index contributed by atoms with van der Waals surface area (Å²) in [6.45, 7) is 5.94. The van der Waals surface area contributed by atoms with Gasteiger partial charge in [-0.25, -0.2) is 0 Å². The summed E-state index contributed by atoms with van der Waals surface area (Å²) in [5.41, 5.74) is 1.40. The summed E-state index contributed by atoms with van der Waals surface area (Å²) >= 11 is 0. The zero-order chi connectivity index (χ0) is 15.9. The van der Waals surface area contributed by atoms with E-state index >= 15 is 0 Å². The average molecular weight is 304 g/mol. The fraction of sp³-hybridized carbons (Fsp3) is 0.688. The highest BCUT2D eigenvalue weighted by Gasteiger charge is 2.41. The molecule has 3 aliphatic rings. The van der Waals surface area contributed by atoms with Gasteiger partial charge in [0, 0.05) is 38.9 Å². The summed E-state index contributed by atoms with van der Waals surface area (Å²) in [5.74, 6) is 0.205. The van der Waals surface area contributed by atoms with E-state index in [2.05, 4.69) is 12.0 Å². The van der Waals surface area contributed by atoms with Crippen molar-refractivity contribution in [3.05, 3.63) is 17.5 Å². The second-order valence-electron chi connectivity index (χ2n) is 6.47. The minimum Gasteiger partial charge on any atom is -0.338 e. The van der Waals surface area contributed by atoms with Gasteiger partial charge in [0.15, 0.2) is 0 Å². The van der Waals surface area contributed by atoms with Gasteiger partial charge in [0.05, 0.1) is 17.2 Å². The van der Waals surface area contributed by atoms with Gasteiger partial charge in [0.25, 0.3) is 5.91 Å². The minimum atomic E-state index is -0.0359. The number of fused-ring (bicyclic) bond motifs is 4. The van der Waals surface area contributed by atoms with E-state index in [1.807, 2.05) is 23.8 Å². The molecular formula is C16H24N4O2. The van der Waals surface area contributed by atoms with Gasteiger partial charge in [0.2, 0.25) is 5.91 Å². The topological polar surface area (TPSA) is 58.4 Å². The summed E-state index contributed by atoms with van der Waals surface area (Å²) in [6.07, 6.45) is 4.65. The fourth-order valence-corrected chi connectivity index (χ4v) is 3.72. The first-order valence-electron chi connectivity index (χ1n) is 8.11. The Labute approximate surface area is 131 Å². The third kappa shape index (κ3) is 2.51. The molecule has 0 saturated carbocycles. The molecule has 4 heterocycles. The molecule has 6 nitrogen and oxygen atoms in total. The highest BCUT2D eigenvalue weighted by atomic mass is 16.2. The van der Waals surface area contributed by atoms with Gasteiger partial charge in [-0.2, -0.15) is 5.10 Å². The predicted octanol–water partition coefficient (Wildman–Crippen LogP) is 1.20. The first-order valence-corrected chi connectivity index (χ1v) is 8.11. The molecule has 0 unspecified atom stereocenters. The van der Waals surface area contributed by atoms with Crippen molar-refractivity contribution >= 4 is 11.8 Å². The smallest absolute Gasteiger partial charge is 0.257 e. The van der Waals surface area contributed by atoms with Crippen LogP contribution < -0.4 is 0 Å². The van der Waals surface area contributed by atoms with E-state index in [4.69, 9.17) is 0 Å². The number of hydrogen-bond donors (Lipinski definition) is 0.